The van der Waals surface area contributed by atoms with Gasteiger partial charge in [0.15, 0.2) is 0 Å². The van der Waals surface area contributed by atoms with Gasteiger partial charge in [0, 0.05) is 41.0 Å². The average molecular weight is 458 g/mol. The fraction of sp³-hybridized carbons (Fsp3) is 0.167. The first kappa shape index (κ1) is 20.2. The van der Waals surface area contributed by atoms with Crippen molar-refractivity contribution >= 4 is 28.9 Å². The molecule has 0 saturated carbocycles. The van der Waals surface area contributed by atoms with Crippen molar-refractivity contribution in [2.45, 2.75) is 18.4 Å². The number of carbonyl (C=O) groups excluding carboxylic acids is 2. The fourth-order valence-electron chi connectivity index (χ4n) is 6.56. The van der Waals surface area contributed by atoms with Crippen molar-refractivity contribution in [1.82, 2.24) is 9.58 Å². The van der Waals surface area contributed by atoms with Crippen LogP contribution in [-0.4, -0.2) is 27.6 Å². The monoisotopic (exact) mass is 457 g/mol. The van der Waals surface area contributed by atoms with Crippen molar-refractivity contribution in [3.05, 3.63) is 119 Å². The van der Waals surface area contributed by atoms with E-state index in [-0.39, 0.29) is 23.7 Å². The number of carbonyl (C=O) groups is 2. The summed E-state index contributed by atoms with van der Waals surface area (Å²) in [5.74, 6) is -1.49. The van der Waals surface area contributed by atoms with Gasteiger partial charge in [-0.15, -0.1) is 6.58 Å². The molecule has 3 aromatic carbocycles. The van der Waals surface area contributed by atoms with Crippen LogP contribution in [0.1, 0.15) is 39.7 Å². The van der Waals surface area contributed by atoms with E-state index in [1.54, 1.807) is 6.21 Å². The molecule has 35 heavy (non-hydrogen) atoms. The van der Waals surface area contributed by atoms with Crippen LogP contribution in [-0.2, 0) is 16.1 Å². The average Bonchev–Trinajstić information content (AvgIpc) is 3.37. The third-order valence-corrected chi connectivity index (χ3v) is 7.88. The second-order valence-corrected chi connectivity index (χ2v) is 9.54. The van der Waals surface area contributed by atoms with E-state index < -0.39 is 11.8 Å². The Bertz CT molecular complexity index is 1460. The van der Waals surface area contributed by atoms with Gasteiger partial charge in [0.25, 0.3) is 11.8 Å². The molecule has 2 bridgehead atoms. The van der Waals surface area contributed by atoms with E-state index in [0.29, 0.717) is 6.54 Å². The summed E-state index contributed by atoms with van der Waals surface area (Å²) in [5, 5.41) is 6.65. The number of para-hydroxylation sites is 1. The van der Waals surface area contributed by atoms with Gasteiger partial charge in [-0.1, -0.05) is 72.8 Å². The topological polar surface area (TPSA) is 54.7 Å². The Morgan fingerprint density at radius 1 is 0.771 bits per heavy atom. The molecule has 0 unspecified atom stereocenters. The summed E-state index contributed by atoms with van der Waals surface area (Å²) < 4.78 is 2.09. The molecule has 1 fully saturated rings. The van der Waals surface area contributed by atoms with Gasteiger partial charge >= 0.3 is 0 Å². The molecule has 0 N–H and O–H groups in total. The van der Waals surface area contributed by atoms with Crippen LogP contribution in [0.2, 0.25) is 0 Å². The number of imide groups is 1. The van der Waals surface area contributed by atoms with Gasteiger partial charge in [0.05, 0.1) is 18.1 Å². The summed E-state index contributed by atoms with van der Waals surface area (Å²) in [7, 11) is 0. The van der Waals surface area contributed by atoms with Crippen LogP contribution in [0.5, 0.6) is 0 Å². The molecule has 5 heteroatoms. The maximum atomic E-state index is 13.7. The van der Waals surface area contributed by atoms with E-state index in [1.165, 1.54) is 0 Å². The van der Waals surface area contributed by atoms with Crippen LogP contribution in [0.15, 0.2) is 96.7 Å². The van der Waals surface area contributed by atoms with Gasteiger partial charge in [-0.2, -0.15) is 10.1 Å². The molecule has 1 aliphatic heterocycles. The lowest BCUT2D eigenvalue weighted by Gasteiger charge is -2.45. The third kappa shape index (κ3) is 2.66. The smallest absolute Gasteiger partial charge is 0.254 e. The van der Waals surface area contributed by atoms with Crippen LogP contribution in [0.25, 0.3) is 10.9 Å². The number of hydrogen-bond acceptors (Lipinski definition) is 3. The van der Waals surface area contributed by atoms with Crippen LogP contribution in [0.4, 0.5) is 0 Å². The molecule has 2 atom stereocenters. The minimum atomic E-state index is -0.420. The lowest BCUT2D eigenvalue weighted by atomic mass is 9.55. The maximum Gasteiger partial charge on any atom is 0.254 e. The molecular formula is C30H23N3O2. The van der Waals surface area contributed by atoms with E-state index in [1.807, 2.05) is 60.8 Å². The maximum absolute atomic E-state index is 13.7. The number of amides is 2. The molecule has 170 valence electrons. The number of fused-ring (bicyclic) bond motifs is 1. The molecule has 2 amide bonds. The minimum Gasteiger partial charge on any atom is -0.343 e. The van der Waals surface area contributed by atoms with Crippen molar-refractivity contribution in [1.29, 1.82) is 0 Å². The van der Waals surface area contributed by atoms with Crippen molar-refractivity contribution in [2.24, 2.45) is 16.9 Å². The Morgan fingerprint density at radius 3 is 1.83 bits per heavy atom. The van der Waals surface area contributed by atoms with Crippen LogP contribution in [0, 0.1) is 11.8 Å². The lowest BCUT2D eigenvalue weighted by molar-refractivity contribution is -0.139. The molecule has 5 nitrogen and oxygen atoms in total. The van der Waals surface area contributed by atoms with E-state index in [9.17, 15) is 9.59 Å². The number of rotatable bonds is 4. The number of aromatic nitrogens is 1. The summed E-state index contributed by atoms with van der Waals surface area (Å²) >= 11 is 0. The minimum absolute atomic E-state index is 0.122. The zero-order chi connectivity index (χ0) is 23.7. The second-order valence-electron chi connectivity index (χ2n) is 9.54. The third-order valence-electron chi connectivity index (χ3n) is 7.88. The van der Waals surface area contributed by atoms with Gasteiger partial charge in [-0.25, -0.2) is 0 Å². The van der Waals surface area contributed by atoms with Gasteiger partial charge in [-0.05, 0) is 28.3 Å². The predicted molar refractivity (Wildman–Crippen MR) is 135 cm³/mol. The molecule has 4 aromatic rings. The summed E-state index contributed by atoms with van der Waals surface area (Å²) in [6.45, 7) is 4.51. The normalized spacial score (nSPS) is 24.2. The van der Waals surface area contributed by atoms with Crippen LogP contribution < -0.4 is 0 Å². The van der Waals surface area contributed by atoms with E-state index in [2.05, 4.69) is 40.5 Å². The molecule has 4 aliphatic rings. The first-order valence-electron chi connectivity index (χ1n) is 12.0. The number of hydrazone groups is 1. The number of allylic oxidation sites excluding steroid dienone is 1. The highest BCUT2D eigenvalue weighted by atomic mass is 16.2. The zero-order valence-electron chi connectivity index (χ0n) is 19.0. The lowest BCUT2D eigenvalue weighted by Crippen LogP contribution is -2.41. The molecule has 0 spiro atoms. The van der Waals surface area contributed by atoms with E-state index >= 15 is 0 Å². The Morgan fingerprint density at radius 2 is 1.29 bits per heavy atom. The van der Waals surface area contributed by atoms with Crippen molar-refractivity contribution in [3.63, 3.8) is 0 Å². The number of hydrogen-bond donors (Lipinski definition) is 0. The van der Waals surface area contributed by atoms with Gasteiger partial charge in [-0.3, -0.25) is 9.59 Å². The summed E-state index contributed by atoms with van der Waals surface area (Å²) in [5.41, 5.74) is 6.58. The van der Waals surface area contributed by atoms with E-state index in [4.69, 9.17) is 0 Å². The van der Waals surface area contributed by atoms with Crippen molar-refractivity contribution in [3.8, 4) is 0 Å². The first-order chi connectivity index (χ1) is 17.2. The van der Waals surface area contributed by atoms with E-state index in [0.717, 1.165) is 43.7 Å². The van der Waals surface area contributed by atoms with Crippen LogP contribution in [0.3, 0.4) is 0 Å². The summed E-state index contributed by atoms with van der Waals surface area (Å²) in [4.78, 5) is 27.5. The Balaban J connectivity index is 1.31. The summed E-state index contributed by atoms with van der Waals surface area (Å²) in [6, 6.07) is 24.6. The number of benzene rings is 3. The molecule has 1 aromatic heterocycles. The highest BCUT2D eigenvalue weighted by Crippen LogP contribution is 2.60. The quantitative estimate of drug-likeness (QED) is 0.245. The van der Waals surface area contributed by atoms with Crippen molar-refractivity contribution < 1.29 is 9.59 Å². The largest absolute Gasteiger partial charge is 0.343 e. The first-order valence-corrected chi connectivity index (χ1v) is 12.0. The van der Waals surface area contributed by atoms with Gasteiger partial charge in [0.1, 0.15) is 0 Å². The van der Waals surface area contributed by atoms with Gasteiger partial charge in [0.2, 0.25) is 0 Å². The van der Waals surface area contributed by atoms with Crippen molar-refractivity contribution in [2.75, 3.05) is 0 Å². The van der Waals surface area contributed by atoms with Gasteiger partial charge < -0.3 is 4.57 Å². The molecule has 8 rings (SSSR count). The number of nitrogens with zero attached hydrogens (tertiary/aromatic N) is 3. The Labute approximate surface area is 203 Å². The molecular weight excluding hydrogens is 434 g/mol. The Hall–Kier alpha value is -4.25. The molecule has 3 aliphatic carbocycles. The predicted octanol–water partition coefficient (Wildman–Crippen LogP) is 5.05. The Kier molecular flexibility index (Phi) is 4.25. The standard InChI is InChI=1S/C30H23N3O2/c1-2-15-32-17-18(19-9-7-8-14-24(19)32)16-31-33-29(34)27-25-20-10-3-4-11-21(20)26(28(27)30(33)35)23-13-6-5-12-22(23)25/h2-14,16-17,25-28H,1,15H2/b31-16-/t25?,26?,27-,28-/m1/s1. The molecule has 1 saturated heterocycles. The molecule has 2 heterocycles. The SMILES string of the molecule is C=CCn1cc(/C=N\N2C(=O)[C@@H]3C4c5ccccc5C(c5ccccc54)[C@H]3C2=O)c2ccccc21. The molecule has 0 radical (unpaired) electrons. The zero-order valence-corrected chi connectivity index (χ0v) is 19.0. The highest BCUT2D eigenvalue weighted by molar-refractivity contribution is 6.08. The summed E-state index contributed by atoms with van der Waals surface area (Å²) in [6.07, 6.45) is 5.48. The van der Waals surface area contributed by atoms with Crippen LogP contribution >= 0.6 is 0 Å². The fourth-order valence-corrected chi connectivity index (χ4v) is 6.56. The second kappa shape index (κ2) is 7.37. The highest BCUT2D eigenvalue weighted by Gasteiger charge is 2.61.